The predicted octanol–water partition coefficient (Wildman–Crippen LogP) is 16.1. The van der Waals surface area contributed by atoms with E-state index in [4.69, 9.17) is 34.8 Å². The first-order chi connectivity index (χ1) is 42.1. The highest BCUT2D eigenvalue weighted by atomic mass is 35.5. The van der Waals surface area contributed by atoms with Crippen molar-refractivity contribution in [3.05, 3.63) is 229 Å². The number of nitrogens with one attached hydrogen (secondary N) is 3. The number of halogens is 3. The maximum atomic E-state index is 16.6. The summed E-state index contributed by atoms with van der Waals surface area (Å²) in [6.07, 6.45) is 13.4. The van der Waals surface area contributed by atoms with Crippen molar-refractivity contribution < 1.29 is 28.8 Å². The Bertz CT molecular complexity index is 3160. The lowest BCUT2D eigenvalue weighted by Crippen LogP contribution is -2.48. The molecule has 0 heterocycles. The van der Waals surface area contributed by atoms with E-state index in [2.05, 4.69) is 16.0 Å². The monoisotopic (exact) mass is 1220 g/mol. The van der Waals surface area contributed by atoms with E-state index in [9.17, 15) is 0 Å². The molecular weight excluding hydrogens is 1150 g/mol. The van der Waals surface area contributed by atoms with Crippen LogP contribution in [0.5, 0.6) is 0 Å². The highest BCUT2D eigenvalue weighted by Gasteiger charge is 2.40. The van der Waals surface area contributed by atoms with Crippen molar-refractivity contribution in [1.82, 2.24) is 16.0 Å². The zero-order chi connectivity index (χ0) is 61.1. The maximum Gasteiger partial charge on any atom is 0.259 e. The molecule has 450 valence electrons. The third-order valence-corrected chi connectivity index (χ3v) is 18.0. The Morgan fingerprint density at radius 3 is 0.770 bits per heavy atom. The van der Waals surface area contributed by atoms with Gasteiger partial charge in [-0.1, -0.05) is 182 Å². The molecule has 87 heavy (non-hydrogen) atoms. The van der Waals surface area contributed by atoms with Gasteiger partial charge in [0, 0.05) is 66.9 Å². The van der Waals surface area contributed by atoms with Gasteiger partial charge in [-0.25, -0.2) is 0 Å². The zero-order valence-electron chi connectivity index (χ0n) is 49.6. The molecule has 3 saturated carbocycles. The molecule has 0 bridgehead atoms. The standard InChI is InChI=1S/C72H75Cl3N6O6/c1-46-19-37-61(38-20-46)79(64(49-25-31-55(73)32-26-49)67(82)76-58-13-7-4-8-14-58)70(85)52-43-53(71(86)80(62-39-21-47(2)22-40-62)65(50-27-33-56(74)34-28-50)68(83)77-59-15-9-5-10-16-59)45-54(44-52)72(87)81(63-41-23-48(3)24-42-63)66(51-29-35-57(75)36-30-51)69(84)78-60-17-11-6-12-18-60/h19-45,58-60,64-66H,4-18H2,1-3H3,(H,76,82)(H,77,83)(H,78,84)/t64-,65-,66-/m1/s1. The molecule has 15 heteroatoms. The Morgan fingerprint density at radius 2 is 0.552 bits per heavy atom. The molecule has 3 aliphatic rings. The van der Waals surface area contributed by atoms with Gasteiger partial charge in [0.15, 0.2) is 0 Å². The van der Waals surface area contributed by atoms with Crippen molar-refractivity contribution in [1.29, 1.82) is 0 Å². The van der Waals surface area contributed by atoms with Crippen molar-refractivity contribution in [3.63, 3.8) is 0 Å². The van der Waals surface area contributed by atoms with Crippen molar-refractivity contribution in [2.45, 2.75) is 153 Å². The Labute approximate surface area is 526 Å². The van der Waals surface area contributed by atoms with E-state index >= 15 is 28.8 Å². The fourth-order valence-electron chi connectivity index (χ4n) is 12.5. The van der Waals surface area contributed by atoms with Gasteiger partial charge >= 0.3 is 0 Å². The molecule has 0 radical (unpaired) electrons. The second-order valence-corrected chi connectivity index (χ2v) is 25.0. The van der Waals surface area contributed by atoms with Crippen LogP contribution in [0.4, 0.5) is 17.1 Å². The number of nitrogens with zero attached hydrogens (tertiary/aromatic N) is 3. The number of anilines is 3. The van der Waals surface area contributed by atoms with Crippen LogP contribution in [-0.2, 0) is 14.4 Å². The first kappa shape index (κ1) is 62.3. The van der Waals surface area contributed by atoms with Crippen LogP contribution >= 0.6 is 34.8 Å². The third-order valence-electron chi connectivity index (χ3n) is 17.2. The second-order valence-electron chi connectivity index (χ2n) is 23.7. The fourth-order valence-corrected chi connectivity index (χ4v) is 12.8. The van der Waals surface area contributed by atoms with Gasteiger partial charge in [-0.15, -0.1) is 0 Å². The molecule has 3 aliphatic carbocycles. The van der Waals surface area contributed by atoms with Crippen LogP contribution in [0, 0.1) is 20.8 Å². The molecule has 0 unspecified atom stereocenters. The van der Waals surface area contributed by atoms with E-state index < -0.39 is 53.6 Å². The lowest BCUT2D eigenvalue weighted by molar-refractivity contribution is -0.124. The van der Waals surface area contributed by atoms with Gasteiger partial charge in [0.2, 0.25) is 17.7 Å². The number of hydrogen-bond donors (Lipinski definition) is 3. The van der Waals surface area contributed by atoms with E-state index in [-0.39, 0.29) is 34.8 Å². The summed E-state index contributed by atoms with van der Waals surface area (Å²) in [6, 6.07) is 42.1. The molecular formula is C72H75Cl3N6O6. The average molecular weight is 1230 g/mol. The van der Waals surface area contributed by atoms with E-state index in [0.29, 0.717) is 48.8 Å². The lowest BCUT2D eigenvalue weighted by atomic mass is 9.93. The van der Waals surface area contributed by atoms with Crippen molar-refractivity contribution in [2.75, 3.05) is 14.7 Å². The Morgan fingerprint density at radius 1 is 0.333 bits per heavy atom. The van der Waals surface area contributed by atoms with Crippen LogP contribution in [0.2, 0.25) is 15.1 Å². The number of hydrogen-bond acceptors (Lipinski definition) is 6. The normalized spacial score (nSPS) is 15.9. The maximum absolute atomic E-state index is 16.6. The van der Waals surface area contributed by atoms with Crippen LogP contribution in [0.3, 0.4) is 0 Å². The summed E-state index contributed by atoms with van der Waals surface area (Å²) in [6.45, 7) is 5.78. The quantitative estimate of drug-likeness (QED) is 0.0779. The number of benzene rings is 7. The Kier molecular flexibility index (Phi) is 20.6. The number of carbonyl (C=O) groups is 6. The fraction of sp³-hybridized carbons (Fsp3) is 0.333. The summed E-state index contributed by atoms with van der Waals surface area (Å²) in [7, 11) is 0. The van der Waals surface area contributed by atoms with E-state index in [0.717, 1.165) is 113 Å². The minimum absolute atomic E-state index is 0.133. The van der Waals surface area contributed by atoms with Crippen molar-refractivity contribution in [3.8, 4) is 0 Å². The highest BCUT2D eigenvalue weighted by Crippen LogP contribution is 2.38. The van der Waals surface area contributed by atoms with Crippen LogP contribution in [0.1, 0.15) is 179 Å². The van der Waals surface area contributed by atoms with E-state index in [1.807, 2.05) is 57.2 Å². The predicted molar refractivity (Wildman–Crippen MR) is 348 cm³/mol. The summed E-state index contributed by atoms with van der Waals surface area (Å²) < 4.78 is 0. The van der Waals surface area contributed by atoms with E-state index in [1.165, 1.54) is 32.9 Å². The van der Waals surface area contributed by atoms with Gasteiger partial charge in [-0.3, -0.25) is 43.5 Å². The van der Waals surface area contributed by atoms with Gasteiger partial charge in [0.1, 0.15) is 18.1 Å². The molecule has 0 spiro atoms. The highest BCUT2D eigenvalue weighted by molar-refractivity contribution is 6.31. The number of amides is 6. The summed E-state index contributed by atoms with van der Waals surface area (Å²) in [5.74, 6) is -3.46. The molecule has 10 rings (SSSR count). The molecule has 3 N–H and O–H groups in total. The van der Waals surface area contributed by atoms with Gasteiger partial charge in [-0.05, 0) is 167 Å². The van der Waals surface area contributed by atoms with Crippen molar-refractivity contribution in [2.24, 2.45) is 0 Å². The molecule has 3 fully saturated rings. The molecule has 3 atom stereocenters. The van der Waals surface area contributed by atoms with Crippen LogP contribution < -0.4 is 30.7 Å². The summed E-state index contributed by atoms with van der Waals surface area (Å²) in [5.41, 5.74) is 4.78. The second kappa shape index (κ2) is 28.8. The molecule has 12 nitrogen and oxygen atoms in total. The third kappa shape index (κ3) is 15.3. The Balaban J connectivity index is 1.21. The lowest BCUT2D eigenvalue weighted by Gasteiger charge is -2.35. The topological polar surface area (TPSA) is 148 Å². The van der Waals surface area contributed by atoms with E-state index in [1.54, 1.807) is 109 Å². The average Bonchev–Trinajstić information content (AvgIpc) is 1.86. The molecule has 0 saturated heterocycles. The number of aryl methyl sites for hydroxylation is 3. The smallest absolute Gasteiger partial charge is 0.259 e. The zero-order valence-corrected chi connectivity index (χ0v) is 51.9. The number of rotatable bonds is 18. The molecule has 0 aromatic heterocycles. The first-order valence-electron chi connectivity index (χ1n) is 30.6. The molecule has 0 aliphatic heterocycles. The molecule has 6 amide bonds. The Hall–Kier alpha value is -7.77. The number of carbonyl (C=O) groups excluding carboxylic acids is 6. The summed E-state index contributed by atoms with van der Waals surface area (Å²) >= 11 is 19.6. The van der Waals surface area contributed by atoms with Crippen LogP contribution in [0.25, 0.3) is 0 Å². The SMILES string of the molecule is Cc1ccc(N(C(=O)c2cc(C(=O)N(c3ccc(C)cc3)[C@@H](C(=O)NC3CCCCC3)c3ccc(Cl)cc3)cc(C(=O)N(c3ccc(C)cc3)[C@@H](C(=O)NC3CCCCC3)c3ccc(Cl)cc3)c2)[C@@H](C(=O)NC2CCCCC2)c2ccc(Cl)cc2)cc1. The molecule has 7 aromatic carbocycles. The molecule has 7 aromatic rings. The van der Waals surface area contributed by atoms with Gasteiger partial charge in [0.25, 0.3) is 17.7 Å². The van der Waals surface area contributed by atoms with Crippen LogP contribution in [-0.4, -0.2) is 53.6 Å². The first-order valence-corrected chi connectivity index (χ1v) is 31.7. The van der Waals surface area contributed by atoms with Crippen molar-refractivity contribution >= 4 is 87.3 Å². The summed E-state index contributed by atoms with van der Waals surface area (Å²) in [5, 5.41) is 11.2. The largest absolute Gasteiger partial charge is 0.351 e. The van der Waals surface area contributed by atoms with Crippen LogP contribution in [0.15, 0.2) is 164 Å². The van der Waals surface area contributed by atoms with Gasteiger partial charge in [-0.2, -0.15) is 0 Å². The minimum Gasteiger partial charge on any atom is -0.351 e. The van der Waals surface area contributed by atoms with Gasteiger partial charge < -0.3 is 16.0 Å². The van der Waals surface area contributed by atoms with Gasteiger partial charge in [0.05, 0.1) is 0 Å². The summed E-state index contributed by atoms with van der Waals surface area (Å²) in [4.78, 5) is 99.9. The minimum atomic E-state index is -1.29.